The van der Waals surface area contributed by atoms with Gasteiger partial charge in [-0.15, -0.1) is 0 Å². The predicted molar refractivity (Wildman–Crippen MR) is 124 cm³/mol. The van der Waals surface area contributed by atoms with E-state index in [9.17, 15) is 9.59 Å². The highest BCUT2D eigenvalue weighted by Crippen LogP contribution is 2.28. The molecular weight excluding hydrogens is 406 g/mol. The summed E-state index contributed by atoms with van der Waals surface area (Å²) in [6, 6.07) is 13.4. The molecule has 0 radical (unpaired) electrons. The fraction of sp³-hybridized carbons (Fsp3) is 0.440. The number of carbonyl (C=O) groups is 2. The third-order valence-electron chi connectivity index (χ3n) is 5.79. The zero-order valence-electron chi connectivity index (χ0n) is 19.1. The number of hydrogen-bond donors (Lipinski definition) is 2. The van der Waals surface area contributed by atoms with Gasteiger partial charge in [-0.05, 0) is 43.5 Å². The van der Waals surface area contributed by atoms with Crippen molar-refractivity contribution < 1.29 is 19.1 Å². The molecule has 2 N–H and O–H groups in total. The van der Waals surface area contributed by atoms with Gasteiger partial charge in [0.2, 0.25) is 5.91 Å². The number of amides is 2. The quantitative estimate of drug-likeness (QED) is 0.628. The molecule has 1 aliphatic rings. The molecule has 1 heterocycles. The van der Waals surface area contributed by atoms with Crippen LogP contribution in [0.4, 0.5) is 0 Å². The second kappa shape index (κ2) is 11.5. The molecule has 0 unspecified atom stereocenters. The Balaban J connectivity index is 1.56. The van der Waals surface area contributed by atoms with Gasteiger partial charge < -0.3 is 25.0 Å². The third kappa shape index (κ3) is 6.01. The van der Waals surface area contributed by atoms with Crippen molar-refractivity contribution in [2.24, 2.45) is 0 Å². The summed E-state index contributed by atoms with van der Waals surface area (Å²) in [4.78, 5) is 26.7. The molecule has 0 aliphatic carbocycles. The molecule has 2 aromatic rings. The Morgan fingerprint density at radius 3 is 2.78 bits per heavy atom. The number of methoxy groups -OCH3 is 1. The van der Waals surface area contributed by atoms with Crippen molar-refractivity contribution in [1.29, 1.82) is 0 Å². The molecule has 0 bridgehead atoms. The fourth-order valence-corrected chi connectivity index (χ4v) is 4.07. The molecular formula is C25H33N3O4. The maximum atomic E-state index is 12.8. The summed E-state index contributed by atoms with van der Waals surface area (Å²) in [6.07, 6.45) is 1.96. The summed E-state index contributed by atoms with van der Waals surface area (Å²) in [6.45, 7) is 4.75. The van der Waals surface area contributed by atoms with Crippen LogP contribution in [0.25, 0.3) is 0 Å². The van der Waals surface area contributed by atoms with Gasteiger partial charge in [0.25, 0.3) is 5.91 Å². The van der Waals surface area contributed by atoms with Gasteiger partial charge in [0.15, 0.2) is 0 Å². The minimum Gasteiger partial charge on any atom is -0.497 e. The van der Waals surface area contributed by atoms with Crippen LogP contribution in [-0.4, -0.2) is 57.1 Å². The summed E-state index contributed by atoms with van der Waals surface area (Å²) in [5.41, 5.74) is 2.75. The molecule has 32 heavy (non-hydrogen) atoms. The van der Waals surface area contributed by atoms with Crippen LogP contribution in [0.5, 0.6) is 11.5 Å². The number of nitrogens with zero attached hydrogens (tertiary/aromatic N) is 1. The van der Waals surface area contributed by atoms with Crippen LogP contribution in [0, 0.1) is 0 Å². The van der Waals surface area contributed by atoms with E-state index in [1.807, 2.05) is 54.3 Å². The lowest BCUT2D eigenvalue weighted by molar-refractivity contribution is -0.131. The smallest absolute Gasteiger partial charge is 0.251 e. The van der Waals surface area contributed by atoms with Crippen molar-refractivity contribution in [3.05, 3.63) is 59.2 Å². The largest absolute Gasteiger partial charge is 0.497 e. The van der Waals surface area contributed by atoms with E-state index in [0.717, 1.165) is 42.0 Å². The molecule has 2 amide bonds. The maximum absolute atomic E-state index is 12.8. The van der Waals surface area contributed by atoms with Crippen LogP contribution in [0.3, 0.4) is 0 Å². The van der Waals surface area contributed by atoms with E-state index in [1.165, 1.54) is 0 Å². The Labute approximate surface area is 190 Å². The Kier molecular flexibility index (Phi) is 8.50. The zero-order chi connectivity index (χ0) is 22.9. The molecule has 3 rings (SSSR count). The predicted octanol–water partition coefficient (Wildman–Crippen LogP) is 2.95. The van der Waals surface area contributed by atoms with Crippen molar-refractivity contribution in [3.63, 3.8) is 0 Å². The van der Waals surface area contributed by atoms with Gasteiger partial charge in [-0.25, -0.2) is 0 Å². The number of nitrogens with one attached hydrogen (secondary N) is 2. The molecule has 7 nitrogen and oxygen atoms in total. The normalized spacial score (nSPS) is 15.8. The molecule has 7 heteroatoms. The van der Waals surface area contributed by atoms with E-state index >= 15 is 0 Å². The van der Waals surface area contributed by atoms with Gasteiger partial charge in [0.1, 0.15) is 11.5 Å². The van der Waals surface area contributed by atoms with Gasteiger partial charge in [0, 0.05) is 49.8 Å². The number of benzene rings is 2. The highest BCUT2D eigenvalue weighted by atomic mass is 16.5. The van der Waals surface area contributed by atoms with Gasteiger partial charge in [-0.1, -0.05) is 18.2 Å². The molecule has 0 spiro atoms. The topological polar surface area (TPSA) is 79.9 Å². The third-order valence-corrected chi connectivity index (χ3v) is 5.79. The molecule has 0 saturated carbocycles. The summed E-state index contributed by atoms with van der Waals surface area (Å²) in [7, 11) is 3.26. The Bertz CT molecular complexity index is 931. The average Bonchev–Trinajstić information content (AvgIpc) is 2.84. The lowest BCUT2D eigenvalue weighted by Crippen LogP contribution is -2.43. The molecule has 0 aromatic heterocycles. The Morgan fingerprint density at radius 2 is 2.03 bits per heavy atom. The van der Waals surface area contributed by atoms with Gasteiger partial charge in [-0.3, -0.25) is 9.59 Å². The first-order valence-electron chi connectivity index (χ1n) is 11.2. The standard InChI is InChI=1S/C25H33N3O4/c1-4-32-23-14-22(31-3)11-10-20(23)15-27-16-24(29)28-12-6-9-21(17-28)18-7-5-8-19(13-18)25(30)26-2/h5,7-8,10-11,13-14,21,27H,4,6,9,12,15-17H2,1-3H3,(H,26,30)/t21-/m0/s1. The van der Waals surface area contributed by atoms with Crippen LogP contribution in [-0.2, 0) is 11.3 Å². The second-order valence-corrected chi connectivity index (χ2v) is 7.89. The minimum atomic E-state index is -0.0928. The summed E-state index contributed by atoms with van der Waals surface area (Å²) in [5.74, 6) is 1.74. The molecule has 1 fully saturated rings. The first-order valence-corrected chi connectivity index (χ1v) is 11.2. The molecule has 1 aliphatic heterocycles. The van der Waals surface area contributed by atoms with Crippen molar-refractivity contribution in [3.8, 4) is 11.5 Å². The lowest BCUT2D eigenvalue weighted by atomic mass is 9.89. The van der Waals surface area contributed by atoms with Crippen LogP contribution in [0.1, 0.15) is 47.2 Å². The number of hydrogen-bond acceptors (Lipinski definition) is 5. The van der Waals surface area contributed by atoms with Gasteiger partial charge in [0.05, 0.1) is 20.3 Å². The molecule has 2 aromatic carbocycles. The van der Waals surface area contributed by atoms with Crippen LogP contribution in [0.2, 0.25) is 0 Å². The SMILES string of the molecule is CCOc1cc(OC)ccc1CNCC(=O)N1CCC[C@H](c2cccc(C(=O)NC)c2)C1. The molecule has 172 valence electrons. The zero-order valence-corrected chi connectivity index (χ0v) is 19.1. The highest BCUT2D eigenvalue weighted by molar-refractivity contribution is 5.94. The molecule has 1 saturated heterocycles. The monoisotopic (exact) mass is 439 g/mol. The van der Waals surface area contributed by atoms with Crippen LogP contribution >= 0.6 is 0 Å². The first-order chi connectivity index (χ1) is 15.5. The van der Waals surface area contributed by atoms with E-state index in [0.29, 0.717) is 25.3 Å². The number of likely N-dealkylation sites (tertiary alicyclic amines) is 1. The van der Waals surface area contributed by atoms with Gasteiger partial charge >= 0.3 is 0 Å². The fourth-order valence-electron chi connectivity index (χ4n) is 4.07. The van der Waals surface area contributed by atoms with E-state index in [4.69, 9.17) is 9.47 Å². The van der Waals surface area contributed by atoms with Gasteiger partial charge in [-0.2, -0.15) is 0 Å². The summed E-state index contributed by atoms with van der Waals surface area (Å²) in [5, 5.41) is 5.92. The van der Waals surface area contributed by atoms with E-state index in [1.54, 1.807) is 14.2 Å². The number of ether oxygens (including phenoxy) is 2. The van der Waals surface area contributed by atoms with Crippen molar-refractivity contribution in [1.82, 2.24) is 15.5 Å². The first kappa shape index (κ1) is 23.6. The summed E-state index contributed by atoms with van der Waals surface area (Å²) < 4.78 is 11.0. The number of carbonyl (C=O) groups excluding carboxylic acids is 2. The Morgan fingerprint density at radius 1 is 1.19 bits per heavy atom. The van der Waals surface area contributed by atoms with Crippen molar-refractivity contribution >= 4 is 11.8 Å². The average molecular weight is 440 g/mol. The van der Waals surface area contributed by atoms with Crippen molar-refractivity contribution in [2.45, 2.75) is 32.2 Å². The lowest BCUT2D eigenvalue weighted by Gasteiger charge is -2.33. The van der Waals surface area contributed by atoms with E-state index in [2.05, 4.69) is 10.6 Å². The number of rotatable bonds is 9. The Hall–Kier alpha value is -3.06. The van der Waals surface area contributed by atoms with E-state index < -0.39 is 0 Å². The van der Waals surface area contributed by atoms with Crippen LogP contribution in [0.15, 0.2) is 42.5 Å². The molecule has 1 atom stereocenters. The van der Waals surface area contributed by atoms with Crippen molar-refractivity contribution in [2.75, 3.05) is 40.4 Å². The minimum absolute atomic E-state index is 0.0867. The second-order valence-electron chi connectivity index (χ2n) is 7.89. The number of piperidine rings is 1. The van der Waals surface area contributed by atoms with Crippen LogP contribution < -0.4 is 20.1 Å². The van der Waals surface area contributed by atoms with E-state index in [-0.39, 0.29) is 24.3 Å². The maximum Gasteiger partial charge on any atom is 0.251 e. The highest BCUT2D eigenvalue weighted by Gasteiger charge is 2.25. The summed E-state index contributed by atoms with van der Waals surface area (Å²) >= 11 is 0.